The van der Waals surface area contributed by atoms with Crippen molar-refractivity contribution in [3.05, 3.63) is 44.9 Å². The van der Waals surface area contributed by atoms with E-state index in [1.807, 2.05) is 26.0 Å². The lowest BCUT2D eigenvalue weighted by Crippen LogP contribution is -2.49. The Bertz CT molecular complexity index is 696. The van der Waals surface area contributed by atoms with Crippen molar-refractivity contribution in [3.8, 4) is 0 Å². The van der Waals surface area contributed by atoms with E-state index in [-0.39, 0.29) is 11.4 Å². The van der Waals surface area contributed by atoms with Gasteiger partial charge in [-0.3, -0.25) is 4.79 Å². The smallest absolute Gasteiger partial charge is 0.251 e. The minimum Gasteiger partial charge on any atom is -0.380 e. The van der Waals surface area contributed by atoms with Crippen molar-refractivity contribution >= 4 is 34.5 Å². The third-order valence-electron chi connectivity index (χ3n) is 3.43. The molecule has 0 saturated heterocycles. The monoisotopic (exact) mass is 321 g/mol. The fraction of sp³-hybridized carbons (Fsp3) is 0.333. The summed E-state index contributed by atoms with van der Waals surface area (Å²) >= 11 is 7.28. The van der Waals surface area contributed by atoms with Crippen LogP contribution < -0.4 is 10.6 Å². The number of nitrogens with zero attached hydrogens (tertiary/aromatic N) is 1. The van der Waals surface area contributed by atoms with Gasteiger partial charge in [0.25, 0.3) is 5.91 Å². The van der Waals surface area contributed by atoms with Crippen LogP contribution in [0.5, 0.6) is 0 Å². The number of benzene rings is 1. The van der Waals surface area contributed by atoms with Gasteiger partial charge >= 0.3 is 0 Å². The van der Waals surface area contributed by atoms with Gasteiger partial charge in [-0.05, 0) is 44.0 Å². The van der Waals surface area contributed by atoms with Gasteiger partial charge in [0.2, 0.25) is 0 Å². The van der Waals surface area contributed by atoms with E-state index in [9.17, 15) is 4.79 Å². The van der Waals surface area contributed by atoms with Gasteiger partial charge in [0.15, 0.2) is 4.47 Å². The minimum absolute atomic E-state index is 0.00189. The highest BCUT2D eigenvalue weighted by atomic mass is 35.5. The number of hydrogen-bond acceptors (Lipinski definition) is 4. The van der Waals surface area contributed by atoms with Crippen LogP contribution in [0.15, 0.2) is 24.4 Å². The molecule has 0 atom stereocenters. The first-order valence-electron chi connectivity index (χ1n) is 6.72. The summed E-state index contributed by atoms with van der Waals surface area (Å²) in [6, 6.07) is 5.86. The van der Waals surface area contributed by atoms with Gasteiger partial charge < -0.3 is 10.6 Å². The number of hydrogen-bond donors (Lipinski definition) is 2. The van der Waals surface area contributed by atoms with Crippen LogP contribution >= 0.6 is 22.9 Å². The number of carbonyl (C=O) groups excluding carboxylic acids is 1. The van der Waals surface area contributed by atoms with Crippen LogP contribution in [0.4, 0.5) is 5.69 Å². The molecule has 0 aliphatic carbocycles. The third-order valence-corrected chi connectivity index (χ3v) is 4.54. The fourth-order valence-corrected chi connectivity index (χ4v) is 3.44. The third kappa shape index (κ3) is 3.19. The zero-order valence-electron chi connectivity index (χ0n) is 11.9. The molecule has 2 heterocycles. The second-order valence-electron chi connectivity index (χ2n) is 5.82. The van der Waals surface area contributed by atoms with Gasteiger partial charge in [-0.1, -0.05) is 11.6 Å². The van der Waals surface area contributed by atoms with Gasteiger partial charge in [0.1, 0.15) is 0 Å². The Hall–Kier alpha value is -1.59. The minimum atomic E-state index is -0.200. The molecular weight excluding hydrogens is 306 g/mol. The Kier molecular flexibility index (Phi) is 3.63. The van der Waals surface area contributed by atoms with Gasteiger partial charge in [0, 0.05) is 27.9 Å². The van der Waals surface area contributed by atoms with E-state index in [0.717, 1.165) is 28.1 Å². The molecule has 0 spiro atoms. The van der Waals surface area contributed by atoms with E-state index in [0.29, 0.717) is 11.0 Å². The topological polar surface area (TPSA) is 54.0 Å². The molecule has 0 radical (unpaired) electrons. The Morgan fingerprint density at radius 3 is 3.00 bits per heavy atom. The van der Waals surface area contributed by atoms with Crippen LogP contribution in [0, 0.1) is 0 Å². The zero-order chi connectivity index (χ0) is 15.0. The van der Waals surface area contributed by atoms with Crippen molar-refractivity contribution in [2.75, 3.05) is 5.32 Å². The molecule has 1 aromatic carbocycles. The fourth-order valence-electron chi connectivity index (χ4n) is 2.52. The molecule has 1 aromatic heterocycles. The van der Waals surface area contributed by atoms with Crippen molar-refractivity contribution in [2.24, 2.45) is 0 Å². The van der Waals surface area contributed by atoms with Crippen molar-refractivity contribution in [3.63, 3.8) is 0 Å². The Morgan fingerprint density at radius 1 is 1.48 bits per heavy atom. The van der Waals surface area contributed by atoms with Gasteiger partial charge in [-0.15, -0.1) is 11.3 Å². The summed E-state index contributed by atoms with van der Waals surface area (Å²) < 4.78 is 0.552. The van der Waals surface area contributed by atoms with E-state index in [2.05, 4.69) is 21.7 Å². The van der Waals surface area contributed by atoms with Crippen LogP contribution in [0.2, 0.25) is 4.47 Å². The van der Waals surface area contributed by atoms with E-state index in [1.54, 1.807) is 6.20 Å². The van der Waals surface area contributed by atoms with E-state index < -0.39 is 0 Å². The summed E-state index contributed by atoms with van der Waals surface area (Å²) in [5.74, 6) is 0.00189. The second kappa shape index (κ2) is 5.31. The maximum atomic E-state index is 12.0. The summed E-state index contributed by atoms with van der Waals surface area (Å²) in [7, 11) is 0. The average molecular weight is 322 g/mol. The zero-order valence-corrected chi connectivity index (χ0v) is 13.4. The predicted molar refractivity (Wildman–Crippen MR) is 86.1 cm³/mol. The first-order valence-corrected chi connectivity index (χ1v) is 7.92. The molecule has 1 amide bonds. The van der Waals surface area contributed by atoms with E-state index >= 15 is 0 Å². The summed E-state index contributed by atoms with van der Waals surface area (Å²) in [6.45, 7) is 4.75. The number of halogens is 1. The quantitative estimate of drug-likeness (QED) is 0.910. The van der Waals surface area contributed by atoms with Crippen LogP contribution in [-0.4, -0.2) is 16.4 Å². The highest BCUT2D eigenvalue weighted by Crippen LogP contribution is 2.26. The maximum Gasteiger partial charge on any atom is 0.251 e. The van der Waals surface area contributed by atoms with Crippen molar-refractivity contribution in [1.82, 2.24) is 10.3 Å². The van der Waals surface area contributed by atoms with Crippen LogP contribution in [0.1, 0.15) is 34.6 Å². The number of nitrogens with one attached hydrogen (secondary N) is 2. The standard InChI is InChI=1S/C15H16ClN3OS/c1-15(2)6-9-5-10(3-4-12(9)13(20)19-15)17-7-11-8-18-14(16)21-11/h3-5,8,17H,6-7H2,1-2H3,(H,19,20). The highest BCUT2D eigenvalue weighted by Gasteiger charge is 2.29. The lowest BCUT2D eigenvalue weighted by molar-refractivity contribution is 0.0897. The number of fused-ring (bicyclic) bond motifs is 1. The lowest BCUT2D eigenvalue weighted by Gasteiger charge is -2.32. The van der Waals surface area contributed by atoms with Crippen LogP contribution in [0.25, 0.3) is 0 Å². The maximum absolute atomic E-state index is 12.0. The molecule has 1 aliphatic rings. The highest BCUT2D eigenvalue weighted by molar-refractivity contribution is 7.15. The molecule has 0 saturated carbocycles. The molecule has 0 fully saturated rings. The van der Waals surface area contributed by atoms with Crippen LogP contribution in [0.3, 0.4) is 0 Å². The second-order valence-corrected chi connectivity index (χ2v) is 7.52. The number of aromatic nitrogens is 1. The Labute approximate surface area is 132 Å². The number of thiazole rings is 1. The molecule has 1 aliphatic heterocycles. The number of rotatable bonds is 3. The first-order chi connectivity index (χ1) is 9.93. The molecule has 0 bridgehead atoms. The van der Waals surface area contributed by atoms with E-state index in [1.165, 1.54) is 11.3 Å². The SMILES string of the molecule is CC1(C)Cc2cc(NCc3cnc(Cl)s3)ccc2C(=O)N1. The molecule has 2 aromatic rings. The first kappa shape index (κ1) is 14.4. The summed E-state index contributed by atoms with van der Waals surface area (Å²) in [6.07, 6.45) is 2.60. The summed E-state index contributed by atoms with van der Waals surface area (Å²) in [4.78, 5) is 17.1. The van der Waals surface area contributed by atoms with Crippen molar-refractivity contribution in [1.29, 1.82) is 0 Å². The normalized spacial score (nSPS) is 16.2. The van der Waals surface area contributed by atoms with E-state index in [4.69, 9.17) is 11.6 Å². The summed E-state index contributed by atoms with van der Waals surface area (Å²) in [5.41, 5.74) is 2.65. The molecular formula is C15H16ClN3OS. The number of amides is 1. The summed E-state index contributed by atoms with van der Waals surface area (Å²) in [5, 5.41) is 6.36. The predicted octanol–water partition coefficient (Wildman–Crippen LogP) is 3.47. The molecule has 2 N–H and O–H groups in total. The van der Waals surface area contributed by atoms with Crippen molar-refractivity contribution in [2.45, 2.75) is 32.4 Å². The molecule has 6 heteroatoms. The number of anilines is 1. The molecule has 0 unspecified atom stereocenters. The van der Waals surface area contributed by atoms with Gasteiger partial charge in [-0.2, -0.15) is 0 Å². The largest absolute Gasteiger partial charge is 0.380 e. The lowest BCUT2D eigenvalue weighted by atomic mass is 9.87. The van der Waals surface area contributed by atoms with Gasteiger partial charge in [-0.25, -0.2) is 4.98 Å². The Balaban J connectivity index is 1.78. The Morgan fingerprint density at radius 2 is 2.29 bits per heavy atom. The average Bonchev–Trinajstić information content (AvgIpc) is 2.80. The van der Waals surface area contributed by atoms with Gasteiger partial charge in [0.05, 0.1) is 6.54 Å². The van der Waals surface area contributed by atoms with Crippen molar-refractivity contribution < 1.29 is 4.79 Å². The molecule has 4 nitrogen and oxygen atoms in total. The molecule has 3 rings (SSSR count). The van der Waals surface area contributed by atoms with Crippen LogP contribution in [-0.2, 0) is 13.0 Å². The molecule has 21 heavy (non-hydrogen) atoms. The molecule has 110 valence electrons. The number of carbonyl (C=O) groups is 1.